The zero-order chi connectivity index (χ0) is 15.9. The molecule has 11 heteroatoms. The van der Waals surface area contributed by atoms with Crippen LogP contribution in [-0.2, 0) is 10.9 Å². The number of halogens is 4. The fraction of sp³-hybridized carbons (Fsp3) is 0.600. The molecule has 1 aromatic rings. The number of ether oxygens (including phenoxy) is 1. The predicted molar refractivity (Wildman–Crippen MR) is 58.2 cm³/mol. The molecule has 0 unspecified atom stereocenters. The molecule has 0 aliphatic carbocycles. The van der Waals surface area contributed by atoms with E-state index in [0.29, 0.717) is 0 Å². The van der Waals surface area contributed by atoms with Gasteiger partial charge in [-0.05, 0) is 0 Å². The Labute approximate surface area is 113 Å². The summed E-state index contributed by atoms with van der Waals surface area (Å²) in [5, 5.41) is 18.4. The molecular formula is C10H10F4N2O5. The number of aromatic amines is 1. The van der Waals surface area contributed by atoms with Crippen molar-refractivity contribution >= 4 is 0 Å². The van der Waals surface area contributed by atoms with Gasteiger partial charge in [-0.2, -0.15) is 13.2 Å². The Morgan fingerprint density at radius 2 is 2.00 bits per heavy atom. The van der Waals surface area contributed by atoms with Crippen LogP contribution in [0, 0.1) is 0 Å². The summed E-state index contributed by atoms with van der Waals surface area (Å²) in [6, 6.07) is 0. The first kappa shape index (κ1) is 15.7. The van der Waals surface area contributed by atoms with Gasteiger partial charge in [0.05, 0.1) is 6.61 Å². The Morgan fingerprint density at radius 3 is 2.48 bits per heavy atom. The summed E-state index contributed by atoms with van der Waals surface area (Å²) in [6.45, 7) is -0.834. The molecule has 1 aliphatic heterocycles. The molecule has 1 fully saturated rings. The summed E-state index contributed by atoms with van der Waals surface area (Å²) in [4.78, 5) is 24.0. The van der Waals surface area contributed by atoms with E-state index in [2.05, 4.69) is 0 Å². The molecule has 3 N–H and O–H groups in total. The zero-order valence-corrected chi connectivity index (χ0v) is 10.2. The largest absolute Gasteiger partial charge is 0.423 e. The van der Waals surface area contributed by atoms with Crippen LogP contribution in [0.25, 0.3) is 0 Å². The minimum absolute atomic E-state index is 0.140. The number of aliphatic hydroxyl groups excluding tert-OH is 2. The second-order valence-electron chi connectivity index (χ2n) is 4.39. The van der Waals surface area contributed by atoms with Crippen molar-refractivity contribution in [1.82, 2.24) is 9.55 Å². The lowest BCUT2D eigenvalue weighted by Crippen LogP contribution is -2.39. The van der Waals surface area contributed by atoms with Gasteiger partial charge in [0.25, 0.3) is 5.56 Å². The van der Waals surface area contributed by atoms with E-state index in [9.17, 15) is 32.3 Å². The molecule has 7 nitrogen and oxygen atoms in total. The summed E-state index contributed by atoms with van der Waals surface area (Å²) < 4.78 is 56.4. The molecule has 0 spiro atoms. The Kier molecular flexibility index (Phi) is 3.91. The molecule has 0 bridgehead atoms. The molecule has 0 amide bonds. The van der Waals surface area contributed by atoms with Crippen molar-refractivity contribution in [3.05, 3.63) is 32.6 Å². The van der Waals surface area contributed by atoms with Crippen molar-refractivity contribution in [2.45, 2.75) is 30.8 Å². The Balaban J connectivity index is 2.50. The third kappa shape index (κ3) is 2.71. The number of nitrogens with one attached hydrogen (secondary N) is 1. The second kappa shape index (κ2) is 5.24. The van der Waals surface area contributed by atoms with Crippen LogP contribution in [0.4, 0.5) is 17.6 Å². The Bertz CT molecular complexity index is 640. The molecule has 2 heterocycles. The van der Waals surface area contributed by atoms with Gasteiger partial charge in [0.15, 0.2) is 12.4 Å². The number of aromatic nitrogens is 2. The maximum Gasteiger partial charge on any atom is 0.423 e. The van der Waals surface area contributed by atoms with Crippen molar-refractivity contribution in [1.29, 1.82) is 0 Å². The number of alkyl halides is 4. The van der Waals surface area contributed by atoms with Crippen molar-refractivity contribution in [2.75, 3.05) is 6.61 Å². The lowest BCUT2D eigenvalue weighted by molar-refractivity contribution is -0.140. The van der Waals surface area contributed by atoms with Crippen LogP contribution in [0.3, 0.4) is 0 Å². The number of rotatable bonds is 2. The van der Waals surface area contributed by atoms with E-state index >= 15 is 0 Å². The van der Waals surface area contributed by atoms with E-state index in [-0.39, 0.29) is 10.8 Å². The number of hydrogen-bond acceptors (Lipinski definition) is 5. The first-order valence-corrected chi connectivity index (χ1v) is 5.68. The highest BCUT2D eigenvalue weighted by Crippen LogP contribution is 2.31. The third-order valence-electron chi connectivity index (χ3n) is 3.02. The minimum Gasteiger partial charge on any atom is -0.394 e. The fourth-order valence-electron chi connectivity index (χ4n) is 1.96. The monoisotopic (exact) mass is 314 g/mol. The topological polar surface area (TPSA) is 105 Å². The van der Waals surface area contributed by atoms with E-state index in [1.165, 1.54) is 4.98 Å². The number of aliphatic hydroxyl groups is 2. The number of H-pyrrole nitrogens is 1. The van der Waals surface area contributed by atoms with E-state index in [4.69, 9.17) is 9.84 Å². The zero-order valence-electron chi connectivity index (χ0n) is 10.2. The standard InChI is InChI=1S/C10H10F4N2O5/c11-5-4(2-17)21-8(6(5)18)16-1-3(10(12,13)14)7(19)15-9(16)20/h1,4-6,8,17-18H,2H2,(H,15,19,20)/t4-,5-,6-,8-/m1/s1. The number of nitrogens with zero attached hydrogens (tertiary/aromatic N) is 1. The van der Waals surface area contributed by atoms with Crippen LogP contribution < -0.4 is 11.2 Å². The smallest absolute Gasteiger partial charge is 0.394 e. The predicted octanol–water partition coefficient (Wildman–Crippen LogP) is -0.856. The number of hydrogen-bond donors (Lipinski definition) is 3. The third-order valence-corrected chi connectivity index (χ3v) is 3.02. The van der Waals surface area contributed by atoms with Crippen LogP contribution in [0.5, 0.6) is 0 Å². The van der Waals surface area contributed by atoms with Gasteiger partial charge in [-0.1, -0.05) is 0 Å². The van der Waals surface area contributed by atoms with Crippen LogP contribution in [0.15, 0.2) is 15.8 Å². The summed E-state index contributed by atoms with van der Waals surface area (Å²) in [7, 11) is 0. The van der Waals surface area contributed by atoms with Crippen LogP contribution >= 0.6 is 0 Å². The van der Waals surface area contributed by atoms with Crippen LogP contribution in [0.2, 0.25) is 0 Å². The molecular weight excluding hydrogens is 304 g/mol. The summed E-state index contributed by atoms with van der Waals surface area (Å²) in [5.74, 6) is 0. The van der Waals surface area contributed by atoms with Gasteiger partial charge in [0.1, 0.15) is 17.8 Å². The normalized spacial score (nSPS) is 29.8. The van der Waals surface area contributed by atoms with Gasteiger partial charge in [-0.15, -0.1) is 0 Å². The van der Waals surface area contributed by atoms with Crippen molar-refractivity contribution in [3.63, 3.8) is 0 Å². The van der Waals surface area contributed by atoms with Gasteiger partial charge in [0.2, 0.25) is 0 Å². The van der Waals surface area contributed by atoms with E-state index in [1.54, 1.807) is 0 Å². The first-order valence-electron chi connectivity index (χ1n) is 5.68. The van der Waals surface area contributed by atoms with E-state index in [1.807, 2.05) is 0 Å². The molecule has 4 atom stereocenters. The maximum absolute atomic E-state index is 13.5. The highest BCUT2D eigenvalue weighted by atomic mass is 19.4. The summed E-state index contributed by atoms with van der Waals surface area (Å²) in [6.07, 6.45) is -12.2. The van der Waals surface area contributed by atoms with Crippen molar-refractivity contribution in [3.8, 4) is 0 Å². The Hall–Kier alpha value is -1.72. The second-order valence-corrected chi connectivity index (χ2v) is 4.39. The average Bonchev–Trinajstić information content (AvgIpc) is 2.65. The Morgan fingerprint density at radius 1 is 1.38 bits per heavy atom. The molecule has 1 aliphatic rings. The minimum atomic E-state index is -5.04. The van der Waals surface area contributed by atoms with E-state index in [0.717, 1.165) is 0 Å². The van der Waals surface area contributed by atoms with Gasteiger partial charge in [0, 0.05) is 6.20 Å². The molecule has 1 saturated heterocycles. The highest BCUT2D eigenvalue weighted by Gasteiger charge is 2.46. The molecule has 0 aromatic carbocycles. The SMILES string of the molecule is O=c1[nH]c(=O)n([C@@H]2O[C@H](CO)[C@@H](F)[C@H]2O)cc1C(F)(F)F. The van der Waals surface area contributed by atoms with Gasteiger partial charge < -0.3 is 14.9 Å². The molecule has 1 aromatic heterocycles. The van der Waals surface area contributed by atoms with Gasteiger partial charge >= 0.3 is 11.9 Å². The van der Waals surface area contributed by atoms with Crippen molar-refractivity contribution in [2.24, 2.45) is 0 Å². The van der Waals surface area contributed by atoms with Gasteiger partial charge in [-0.3, -0.25) is 14.3 Å². The van der Waals surface area contributed by atoms with Gasteiger partial charge in [-0.25, -0.2) is 9.18 Å². The highest BCUT2D eigenvalue weighted by molar-refractivity contribution is 5.10. The molecule has 2 rings (SSSR count). The lowest BCUT2D eigenvalue weighted by Gasteiger charge is -2.18. The molecule has 118 valence electrons. The summed E-state index contributed by atoms with van der Waals surface area (Å²) in [5.41, 5.74) is -4.66. The molecule has 21 heavy (non-hydrogen) atoms. The quantitative estimate of drug-likeness (QED) is 0.617. The molecule has 0 saturated carbocycles. The lowest BCUT2D eigenvalue weighted by atomic mass is 10.1. The van der Waals surface area contributed by atoms with Crippen molar-refractivity contribution < 1.29 is 32.5 Å². The van der Waals surface area contributed by atoms with Crippen LogP contribution in [-0.4, -0.2) is 44.8 Å². The summed E-state index contributed by atoms with van der Waals surface area (Å²) >= 11 is 0. The van der Waals surface area contributed by atoms with E-state index < -0.39 is 54.2 Å². The molecule has 0 radical (unpaired) electrons. The van der Waals surface area contributed by atoms with Crippen LogP contribution in [0.1, 0.15) is 11.8 Å². The maximum atomic E-state index is 13.5. The first-order chi connectivity index (χ1) is 9.66. The fourth-order valence-corrected chi connectivity index (χ4v) is 1.96. The average molecular weight is 314 g/mol.